The van der Waals surface area contributed by atoms with Crippen LogP contribution in [-0.4, -0.2) is 5.78 Å². The summed E-state index contributed by atoms with van der Waals surface area (Å²) < 4.78 is 0. The molecule has 0 saturated carbocycles. The van der Waals surface area contributed by atoms with E-state index in [1.807, 2.05) is 13.0 Å². The number of carbonyl (C=O) groups is 1. The third-order valence-corrected chi connectivity index (χ3v) is 3.88. The second kappa shape index (κ2) is 4.93. The maximum absolute atomic E-state index is 11.9. The van der Waals surface area contributed by atoms with Gasteiger partial charge in [0, 0.05) is 6.42 Å². The molecule has 0 atom stereocenters. The standard InChI is InChI=1S/C17H20O/c1-5-14-11(2)9-10-12(3)17(14)15-7-6-8-16(18)13(15)4/h5,9-10H,1,6-8H2,2-4H3. The largest absolute Gasteiger partial charge is 0.295 e. The van der Waals surface area contributed by atoms with Crippen molar-refractivity contribution in [2.75, 3.05) is 0 Å². The fourth-order valence-corrected chi connectivity index (χ4v) is 2.78. The number of carbonyl (C=O) groups excluding carboxylic acids is 1. The normalized spacial score (nSPS) is 16.1. The molecule has 0 aliphatic heterocycles. The molecule has 0 fully saturated rings. The lowest BCUT2D eigenvalue weighted by molar-refractivity contribution is -0.115. The van der Waals surface area contributed by atoms with E-state index >= 15 is 0 Å². The van der Waals surface area contributed by atoms with Gasteiger partial charge in [0.25, 0.3) is 0 Å². The third kappa shape index (κ3) is 2.05. The molecule has 0 radical (unpaired) electrons. The zero-order chi connectivity index (χ0) is 13.3. The molecule has 0 unspecified atom stereocenters. The predicted molar refractivity (Wildman–Crippen MR) is 77.5 cm³/mol. The summed E-state index contributed by atoms with van der Waals surface area (Å²) in [7, 11) is 0. The summed E-state index contributed by atoms with van der Waals surface area (Å²) in [6.07, 6.45) is 4.58. The van der Waals surface area contributed by atoms with Crippen LogP contribution in [0.5, 0.6) is 0 Å². The molecule has 18 heavy (non-hydrogen) atoms. The van der Waals surface area contributed by atoms with E-state index < -0.39 is 0 Å². The molecule has 0 bridgehead atoms. The molecular weight excluding hydrogens is 220 g/mol. The Balaban J connectivity index is 2.71. The maximum Gasteiger partial charge on any atom is 0.158 e. The van der Waals surface area contributed by atoms with E-state index in [1.54, 1.807) is 0 Å². The summed E-state index contributed by atoms with van der Waals surface area (Å²) >= 11 is 0. The Morgan fingerprint density at radius 3 is 2.44 bits per heavy atom. The highest BCUT2D eigenvalue weighted by molar-refractivity contribution is 6.04. The van der Waals surface area contributed by atoms with Crippen LogP contribution in [0, 0.1) is 13.8 Å². The Morgan fingerprint density at radius 1 is 1.11 bits per heavy atom. The van der Waals surface area contributed by atoms with Crippen LogP contribution < -0.4 is 0 Å². The molecule has 94 valence electrons. The summed E-state index contributed by atoms with van der Waals surface area (Å²) in [6.45, 7) is 10.1. The molecule has 1 heteroatoms. The van der Waals surface area contributed by atoms with Crippen molar-refractivity contribution in [1.82, 2.24) is 0 Å². The van der Waals surface area contributed by atoms with E-state index in [1.165, 1.54) is 27.8 Å². The molecule has 0 saturated heterocycles. The second-order valence-electron chi connectivity index (χ2n) is 5.07. The van der Waals surface area contributed by atoms with Gasteiger partial charge < -0.3 is 0 Å². The van der Waals surface area contributed by atoms with Gasteiger partial charge in [0.1, 0.15) is 0 Å². The average Bonchev–Trinajstić information content (AvgIpc) is 2.36. The first-order valence-corrected chi connectivity index (χ1v) is 6.52. The topological polar surface area (TPSA) is 17.1 Å². The Bertz CT molecular complexity index is 547. The van der Waals surface area contributed by atoms with Crippen LogP contribution in [0.2, 0.25) is 0 Å². The number of aryl methyl sites for hydroxylation is 2. The number of hydrogen-bond donors (Lipinski definition) is 0. The lowest BCUT2D eigenvalue weighted by Gasteiger charge is -2.21. The van der Waals surface area contributed by atoms with E-state index in [0.717, 1.165) is 18.4 Å². The van der Waals surface area contributed by atoms with Gasteiger partial charge in [0.15, 0.2) is 5.78 Å². The van der Waals surface area contributed by atoms with Crippen LogP contribution in [0.25, 0.3) is 11.6 Å². The van der Waals surface area contributed by atoms with Crippen LogP contribution in [0.3, 0.4) is 0 Å². The van der Waals surface area contributed by atoms with Gasteiger partial charge in [-0.05, 0) is 67.0 Å². The molecule has 1 aliphatic rings. The quantitative estimate of drug-likeness (QED) is 0.745. The monoisotopic (exact) mass is 240 g/mol. The number of hydrogen-bond acceptors (Lipinski definition) is 1. The Kier molecular flexibility index (Phi) is 3.51. The van der Waals surface area contributed by atoms with Gasteiger partial charge in [0.2, 0.25) is 0 Å². The lowest BCUT2D eigenvalue weighted by atomic mass is 9.82. The lowest BCUT2D eigenvalue weighted by Crippen LogP contribution is -2.10. The van der Waals surface area contributed by atoms with Crippen LogP contribution in [0.15, 0.2) is 24.3 Å². The highest BCUT2D eigenvalue weighted by atomic mass is 16.1. The van der Waals surface area contributed by atoms with Crippen LogP contribution in [0.1, 0.15) is 48.4 Å². The fourth-order valence-electron chi connectivity index (χ4n) is 2.78. The minimum absolute atomic E-state index is 0.298. The maximum atomic E-state index is 11.9. The first-order chi connectivity index (χ1) is 8.56. The van der Waals surface area contributed by atoms with Gasteiger partial charge in [-0.1, -0.05) is 24.8 Å². The third-order valence-electron chi connectivity index (χ3n) is 3.88. The predicted octanol–water partition coefficient (Wildman–Crippen LogP) is 4.47. The molecule has 0 N–H and O–H groups in total. The Morgan fingerprint density at radius 2 is 1.78 bits per heavy atom. The summed E-state index contributed by atoms with van der Waals surface area (Å²) in [5.74, 6) is 0.298. The van der Waals surface area contributed by atoms with Gasteiger partial charge >= 0.3 is 0 Å². The number of Topliss-reactive ketones (excluding diaryl/α,β-unsaturated/α-hetero) is 1. The van der Waals surface area contributed by atoms with Crippen molar-refractivity contribution in [1.29, 1.82) is 0 Å². The zero-order valence-electron chi connectivity index (χ0n) is 11.5. The summed E-state index contributed by atoms with van der Waals surface area (Å²) in [5, 5.41) is 0. The second-order valence-corrected chi connectivity index (χ2v) is 5.07. The van der Waals surface area contributed by atoms with Crippen molar-refractivity contribution >= 4 is 17.4 Å². The molecule has 1 aromatic rings. The number of benzene rings is 1. The Hall–Kier alpha value is -1.63. The molecule has 0 aromatic heterocycles. The van der Waals surface area contributed by atoms with Gasteiger partial charge in [-0.25, -0.2) is 0 Å². The minimum Gasteiger partial charge on any atom is -0.295 e. The summed E-state index contributed by atoms with van der Waals surface area (Å²) in [4.78, 5) is 11.9. The zero-order valence-corrected chi connectivity index (χ0v) is 11.5. The van der Waals surface area contributed by atoms with Crippen molar-refractivity contribution in [2.45, 2.75) is 40.0 Å². The van der Waals surface area contributed by atoms with Crippen LogP contribution in [-0.2, 0) is 4.79 Å². The highest BCUT2D eigenvalue weighted by Gasteiger charge is 2.21. The molecule has 0 spiro atoms. The van der Waals surface area contributed by atoms with Gasteiger partial charge in [-0.15, -0.1) is 0 Å². The molecule has 2 rings (SSSR count). The Labute approximate surface area is 109 Å². The van der Waals surface area contributed by atoms with E-state index in [4.69, 9.17) is 0 Å². The van der Waals surface area contributed by atoms with Gasteiger partial charge in [-0.2, -0.15) is 0 Å². The summed E-state index contributed by atoms with van der Waals surface area (Å²) in [6, 6.07) is 4.26. The van der Waals surface area contributed by atoms with E-state index in [9.17, 15) is 4.79 Å². The van der Waals surface area contributed by atoms with Gasteiger partial charge in [-0.3, -0.25) is 4.79 Å². The molecular formula is C17H20O. The van der Waals surface area contributed by atoms with Gasteiger partial charge in [0.05, 0.1) is 0 Å². The number of ketones is 1. The highest BCUT2D eigenvalue weighted by Crippen LogP contribution is 2.35. The smallest absolute Gasteiger partial charge is 0.158 e. The number of allylic oxidation sites excluding steroid dienone is 2. The fraction of sp³-hybridized carbons (Fsp3) is 0.353. The number of rotatable bonds is 2. The van der Waals surface area contributed by atoms with Crippen molar-refractivity contribution in [3.8, 4) is 0 Å². The van der Waals surface area contributed by atoms with Crippen LogP contribution in [0.4, 0.5) is 0 Å². The summed E-state index contributed by atoms with van der Waals surface area (Å²) in [5.41, 5.74) is 7.04. The van der Waals surface area contributed by atoms with E-state index in [0.29, 0.717) is 12.2 Å². The first kappa shape index (κ1) is 12.8. The minimum atomic E-state index is 0.298. The van der Waals surface area contributed by atoms with Crippen molar-refractivity contribution in [2.24, 2.45) is 0 Å². The van der Waals surface area contributed by atoms with Crippen molar-refractivity contribution in [3.05, 3.63) is 46.5 Å². The molecule has 1 aromatic carbocycles. The van der Waals surface area contributed by atoms with Crippen molar-refractivity contribution < 1.29 is 4.79 Å². The molecule has 1 aliphatic carbocycles. The van der Waals surface area contributed by atoms with Crippen molar-refractivity contribution in [3.63, 3.8) is 0 Å². The molecule has 1 nitrogen and oxygen atoms in total. The van der Waals surface area contributed by atoms with Crippen LogP contribution >= 0.6 is 0 Å². The SMILES string of the molecule is C=Cc1c(C)ccc(C)c1C1=C(C)C(=O)CCC1. The van der Waals surface area contributed by atoms with E-state index in [-0.39, 0.29) is 0 Å². The van der Waals surface area contributed by atoms with E-state index in [2.05, 4.69) is 32.6 Å². The average molecular weight is 240 g/mol. The first-order valence-electron chi connectivity index (χ1n) is 6.52. The molecule has 0 heterocycles. The molecule has 0 amide bonds.